The highest BCUT2D eigenvalue weighted by molar-refractivity contribution is 6.31. The Kier molecular flexibility index (Phi) is 6.26. The van der Waals surface area contributed by atoms with E-state index in [4.69, 9.17) is 26.0 Å². The van der Waals surface area contributed by atoms with Crippen LogP contribution in [0.25, 0.3) is 10.9 Å². The lowest BCUT2D eigenvalue weighted by molar-refractivity contribution is 0.269. The third-order valence-electron chi connectivity index (χ3n) is 4.90. The van der Waals surface area contributed by atoms with Crippen molar-refractivity contribution in [3.63, 3.8) is 0 Å². The van der Waals surface area contributed by atoms with E-state index >= 15 is 0 Å². The summed E-state index contributed by atoms with van der Waals surface area (Å²) in [6.45, 7) is 3.71. The Balaban J connectivity index is 1.55. The van der Waals surface area contributed by atoms with Gasteiger partial charge in [0.25, 0.3) is 0 Å². The van der Waals surface area contributed by atoms with Gasteiger partial charge in [0, 0.05) is 35.5 Å². The number of hydrogen-bond donors (Lipinski definition) is 0. The molecule has 0 N–H and O–H groups in total. The van der Waals surface area contributed by atoms with Crippen molar-refractivity contribution in [3.8, 4) is 5.88 Å². The molecule has 0 fully saturated rings. The Morgan fingerprint density at radius 1 is 1.03 bits per heavy atom. The molecule has 0 amide bonds. The molecule has 0 aliphatic rings. The van der Waals surface area contributed by atoms with Gasteiger partial charge in [0.05, 0.1) is 12.1 Å². The summed E-state index contributed by atoms with van der Waals surface area (Å²) < 4.78 is 10.9. The lowest BCUT2D eigenvalue weighted by Crippen LogP contribution is -2.19. The summed E-state index contributed by atoms with van der Waals surface area (Å²) in [5.74, 6) is 0.627. The molecule has 2 aromatic heterocycles. The Labute approximate surface area is 180 Å². The van der Waals surface area contributed by atoms with Crippen LogP contribution < -0.4 is 4.74 Å². The van der Waals surface area contributed by atoms with E-state index in [-0.39, 0.29) is 0 Å². The highest BCUT2D eigenvalue weighted by Gasteiger charge is 2.14. The van der Waals surface area contributed by atoms with Crippen LogP contribution in [0, 0.1) is 6.92 Å². The largest absolute Gasteiger partial charge is 0.477 e. The van der Waals surface area contributed by atoms with Gasteiger partial charge in [-0.3, -0.25) is 4.90 Å². The minimum Gasteiger partial charge on any atom is -0.477 e. The van der Waals surface area contributed by atoms with Crippen LogP contribution in [0.15, 0.2) is 59.2 Å². The van der Waals surface area contributed by atoms with E-state index in [2.05, 4.69) is 33.4 Å². The van der Waals surface area contributed by atoms with Crippen LogP contribution in [0.4, 0.5) is 0 Å². The van der Waals surface area contributed by atoms with Crippen molar-refractivity contribution < 1.29 is 9.37 Å². The van der Waals surface area contributed by atoms with Crippen molar-refractivity contribution in [1.82, 2.24) is 20.2 Å². The highest BCUT2D eigenvalue weighted by atomic mass is 35.5. The maximum absolute atomic E-state index is 6.16. The first-order chi connectivity index (χ1) is 14.6. The molecule has 0 saturated carbocycles. The first-order valence-electron chi connectivity index (χ1n) is 9.81. The zero-order valence-corrected chi connectivity index (χ0v) is 17.8. The fraction of sp³-hybridized carbons (Fsp3) is 0.261. The monoisotopic (exact) mass is 422 g/mol. The number of halogens is 1. The van der Waals surface area contributed by atoms with E-state index in [1.165, 1.54) is 5.56 Å². The predicted molar refractivity (Wildman–Crippen MR) is 117 cm³/mol. The Hall–Kier alpha value is -2.96. The average molecular weight is 423 g/mol. The first kappa shape index (κ1) is 20.3. The molecular weight excluding hydrogens is 400 g/mol. The second kappa shape index (κ2) is 9.24. The number of rotatable bonds is 8. The molecule has 4 aromatic rings. The Morgan fingerprint density at radius 3 is 2.63 bits per heavy atom. The topological polar surface area (TPSA) is 64.3 Å². The summed E-state index contributed by atoms with van der Waals surface area (Å²) in [5.41, 5.74) is 4.68. The molecule has 0 radical (unpaired) electrons. The van der Waals surface area contributed by atoms with Gasteiger partial charge in [-0.05, 0) is 37.7 Å². The molecule has 4 rings (SSSR count). The third kappa shape index (κ3) is 4.96. The molecule has 0 saturated heterocycles. The van der Waals surface area contributed by atoms with Gasteiger partial charge in [-0.1, -0.05) is 58.3 Å². The molecular formula is C23H23ClN4O2. The number of aromatic nitrogens is 3. The minimum atomic E-state index is 0.548. The van der Waals surface area contributed by atoms with Crippen molar-refractivity contribution in [2.24, 2.45) is 0 Å². The van der Waals surface area contributed by atoms with Crippen LogP contribution in [0.2, 0.25) is 5.02 Å². The summed E-state index contributed by atoms with van der Waals surface area (Å²) in [7, 11) is 2.02. The third-order valence-corrected chi connectivity index (χ3v) is 5.13. The highest BCUT2D eigenvalue weighted by Crippen LogP contribution is 2.26. The quantitative estimate of drug-likeness (QED) is 0.405. The number of aryl methyl sites for hydroxylation is 1. The van der Waals surface area contributed by atoms with E-state index in [1.807, 2.05) is 50.4 Å². The number of fused-ring (bicyclic) bond motifs is 1. The molecule has 0 unspecified atom stereocenters. The first-order valence-corrected chi connectivity index (χ1v) is 10.2. The van der Waals surface area contributed by atoms with Crippen LogP contribution in [0.3, 0.4) is 0 Å². The Morgan fingerprint density at radius 2 is 1.87 bits per heavy atom. The maximum atomic E-state index is 6.16. The van der Waals surface area contributed by atoms with Gasteiger partial charge in [0.15, 0.2) is 0 Å². The molecule has 7 heteroatoms. The zero-order valence-electron chi connectivity index (χ0n) is 17.0. The summed E-state index contributed by atoms with van der Waals surface area (Å²) in [6.07, 6.45) is 0.815. The molecule has 0 atom stereocenters. The van der Waals surface area contributed by atoms with Crippen molar-refractivity contribution in [2.75, 3.05) is 13.7 Å². The summed E-state index contributed by atoms with van der Waals surface area (Å²) in [4.78, 5) is 6.89. The van der Waals surface area contributed by atoms with Gasteiger partial charge in [-0.25, -0.2) is 9.61 Å². The SMILES string of the molecule is Cc1nonc1CN(C)Cc1cc2ccc(Cl)cc2nc1OCCc1ccccc1. The summed E-state index contributed by atoms with van der Waals surface area (Å²) in [6, 6.07) is 18.1. The van der Waals surface area contributed by atoms with Gasteiger partial charge < -0.3 is 4.74 Å². The summed E-state index contributed by atoms with van der Waals surface area (Å²) >= 11 is 6.16. The fourth-order valence-corrected chi connectivity index (χ4v) is 3.48. The lowest BCUT2D eigenvalue weighted by Gasteiger charge is -2.18. The molecule has 0 aliphatic carbocycles. The van der Waals surface area contributed by atoms with Crippen LogP contribution in [-0.4, -0.2) is 33.9 Å². The number of benzene rings is 2. The van der Waals surface area contributed by atoms with E-state index in [1.54, 1.807) is 0 Å². The number of pyridine rings is 1. The van der Waals surface area contributed by atoms with Gasteiger partial charge >= 0.3 is 0 Å². The minimum absolute atomic E-state index is 0.548. The molecule has 154 valence electrons. The lowest BCUT2D eigenvalue weighted by atomic mass is 10.1. The maximum Gasteiger partial charge on any atom is 0.218 e. The number of hydrogen-bond acceptors (Lipinski definition) is 6. The molecule has 0 aliphatic heterocycles. The molecule has 2 aromatic carbocycles. The van der Waals surface area contributed by atoms with E-state index in [0.29, 0.717) is 30.6 Å². The summed E-state index contributed by atoms with van der Waals surface area (Å²) in [5, 5.41) is 9.51. The number of ether oxygens (including phenoxy) is 1. The zero-order chi connectivity index (χ0) is 20.9. The number of nitrogens with zero attached hydrogens (tertiary/aromatic N) is 4. The van der Waals surface area contributed by atoms with E-state index in [9.17, 15) is 0 Å². The van der Waals surface area contributed by atoms with Crippen molar-refractivity contribution in [3.05, 3.63) is 82.1 Å². The van der Waals surface area contributed by atoms with Crippen LogP contribution in [-0.2, 0) is 19.5 Å². The second-order valence-electron chi connectivity index (χ2n) is 7.34. The molecule has 0 spiro atoms. The van der Waals surface area contributed by atoms with Crippen molar-refractivity contribution >= 4 is 22.5 Å². The molecule has 6 nitrogen and oxygen atoms in total. The van der Waals surface area contributed by atoms with Crippen LogP contribution >= 0.6 is 11.6 Å². The normalized spacial score (nSPS) is 11.3. The van der Waals surface area contributed by atoms with E-state index in [0.717, 1.165) is 34.3 Å². The van der Waals surface area contributed by atoms with Gasteiger partial charge in [-0.2, -0.15) is 0 Å². The van der Waals surface area contributed by atoms with Gasteiger partial charge in [0.2, 0.25) is 5.88 Å². The van der Waals surface area contributed by atoms with Gasteiger partial charge in [0.1, 0.15) is 11.4 Å². The standard InChI is InChI=1S/C23H23ClN4O2/c1-16-22(27-30-26-16)15-28(2)14-19-12-18-8-9-20(24)13-21(18)25-23(19)29-11-10-17-6-4-3-5-7-17/h3-9,12-13H,10-11,14-15H2,1-2H3. The van der Waals surface area contributed by atoms with Crippen LogP contribution in [0.5, 0.6) is 5.88 Å². The fourth-order valence-electron chi connectivity index (χ4n) is 3.31. The van der Waals surface area contributed by atoms with Gasteiger partial charge in [-0.15, -0.1) is 0 Å². The second-order valence-corrected chi connectivity index (χ2v) is 7.78. The average Bonchev–Trinajstić information content (AvgIpc) is 3.13. The molecule has 30 heavy (non-hydrogen) atoms. The molecule has 2 heterocycles. The smallest absolute Gasteiger partial charge is 0.218 e. The van der Waals surface area contributed by atoms with Crippen molar-refractivity contribution in [2.45, 2.75) is 26.4 Å². The van der Waals surface area contributed by atoms with Crippen molar-refractivity contribution in [1.29, 1.82) is 0 Å². The van der Waals surface area contributed by atoms with E-state index < -0.39 is 0 Å². The Bertz CT molecular complexity index is 1130. The predicted octanol–water partition coefficient (Wildman–Crippen LogP) is 4.83. The van der Waals surface area contributed by atoms with Crippen LogP contribution in [0.1, 0.15) is 22.5 Å². The molecule has 0 bridgehead atoms.